The van der Waals surface area contributed by atoms with Gasteiger partial charge in [0.05, 0.1) is 13.2 Å². The van der Waals surface area contributed by atoms with Crippen molar-refractivity contribution in [2.75, 3.05) is 20.3 Å². The van der Waals surface area contributed by atoms with E-state index in [1.807, 2.05) is 30.3 Å². The van der Waals surface area contributed by atoms with Gasteiger partial charge in [-0.25, -0.2) is 17.9 Å². The van der Waals surface area contributed by atoms with Crippen LogP contribution in [0.15, 0.2) is 56.8 Å². The molecule has 1 atom stereocenters. The van der Waals surface area contributed by atoms with Crippen molar-refractivity contribution in [2.24, 2.45) is 0 Å². The quantitative estimate of drug-likeness (QED) is 0.604. The highest BCUT2D eigenvalue weighted by atomic mass is 32.2. The number of hydrogen-bond acceptors (Lipinski definition) is 6. The van der Waals surface area contributed by atoms with Gasteiger partial charge in [0.1, 0.15) is 10.3 Å². The number of nitrogens with zero attached hydrogens (tertiary/aromatic N) is 4. The molecule has 10 heteroatoms. The first-order valence-electron chi connectivity index (χ1n) is 8.81. The van der Waals surface area contributed by atoms with E-state index in [1.54, 1.807) is 29.2 Å². The maximum atomic E-state index is 13.3. The van der Waals surface area contributed by atoms with Crippen molar-refractivity contribution in [2.45, 2.75) is 23.3 Å². The highest BCUT2D eigenvalue weighted by molar-refractivity contribution is 7.91. The summed E-state index contributed by atoms with van der Waals surface area (Å²) in [5.74, 6) is 0.429. The minimum atomic E-state index is -3.72. The first kappa shape index (κ1) is 19.1. The molecular formula is C18H20N4O4S2. The van der Waals surface area contributed by atoms with Crippen molar-refractivity contribution >= 4 is 21.4 Å². The minimum absolute atomic E-state index is 0.197. The summed E-state index contributed by atoms with van der Waals surface area (Å²) in [6.45, 7) is 1.12. The van der Waals surface area contributed by atoms with Gasteiger partial charge in [-0.15, -0.1) is 11.3 Å². The van der Waals surface area contributed by atoms with E-state index in [0.29, 0.717) is 19.0 Å². The van der Waals surface area contributed by atoms with Crippen molar-refractivity contribution in [3.05, 3.63) is 69.7 Å². The molecule has 0 N–H and O–H groups in total. The van der Waals surface area contributed by atoms with Crippen molar-refractivity contribution < 1.29 is 13.2 Å². The van der Waals surface area contributed by atoms with Gasteiger partial charge in [-0.05, 0) is 17.0 Å². The SMILES string of the molecule is COCCn1nc2n(c1=O)CCN(S(=O)(=O)c1cccs1)C2c1ccccc1. The fraction of sp³-hybridized carbons (Fsp3) is 0.333. The van der Waals surface area contributed by atoms with Crippen LogP contribution in [0.4, 0.5) is 0 Å². The van der Waals surface area contributed by atoms with E-state index in [0.717, 1.165) is 5.56 Å². The highest BCUT2D eigenvalue weighted by Gasteiger charge is 2.40. The van der Waals surface area contributed by atoms with Gasteiger partial charge < -0.3 is 4.74 Å². The van der Waals surface area contributed by atoms with Crippen LogP contribution in [0.1, 0.15) is 17.4 Å². The molecular weight excluding hydrogens is 400 g/mol. The van der Waals surface area contributed by atoms with Crippen molar-refractivity contribution in [1.82, 2.24) is 18.7 Å². The van der Waals surface area contributed by atoms with Crippen LogP contribution in [-0.2, 0) is 27.8 Å². The summed E-state index contributed by atoms with van der Waals surface area (Å²) in [5, 5.41) is 6.21. The zero-order valence-electron chi connectivity index (χ0n) is 15.3. The van der Waals surface area contributed by atoms with Crippen molar-refractivity contribution in [3.63, 3.8) is 0 Å². The summed E-state index contributed by atoms with van der Waals surface area (Å²) in [7, 11) is -2.16. The molecule has 0 radical (unpaired) electrons. The fourth-order valence-electron chi connectivity index (χ4n) is 3.39. The molecule has 3 aromatic rings. The second-order valence-corrected chi connectivity index (χ2v) is 9.43. The summed E-state index contributed by atoms with van der Waals surface area (Å²) in [6, 6.07) is 11.9. The zero-order chi connectivity index (χ0) is 19.7. The van der Waals surface area contributed by atoms with Crippen molar-refractivity contribution in [3.8, 4) is 0 Å². The maximum absolute atomic E-state index is 13.3. The lowest BCUT2D eigenvalue weighted by Crippen LogP contribution is -2.44. The number of rotatable bonds is 6. The Morgan fingerprint density at radius 2 is 1.96 bits per heavy atom. The Kier molecular flexibility index (Phi) is 5.19. The number of ether oxygens (including phenoxy) is 1. The number of aromatic nitrogens is 3. The first-order chi connectivity index (χ1) is 13.5. The van der Waals surface area contributed by atoms with Crippen molar-refractivity contribution in [1.29, 1.82) is 0 Å². The number of fused-ring (bicyclic) bond motifs is 1. The Balaban J connectivity index is 1.85. The highest BCUT2D eigenvalue weighted by Crippen LogP contribution is 2.35. The third kappa shape index (κ3) is 3.22. The molecule has 1 unspecified atom stereocenters. The van der Waals surface area contributed by atoms with Gasteiger partial charge in [0.15, 0.2) is 5.82 Å². The summed E-state index contributed by atoms with van der Waals surface area (Å²) in [6.07, 6.45) is 0. The molecule has 0 saturated heterocycles. The Bertz CT molecular complexity index is 1100. The number of methoxy groups -OCH3 is 1. The van der Waals surface area contributed by atoms with E-state index in [4.69, 9.17) is 4.74 Å². The minimum Gasteiger partial charge on any atom is -0.383 e. The molecule has 1 aromatic carbocycles. The second kappa shape index (κ2) is 7.63. The van der Waals surface area contributed by atoms with Gasteiger partial charge in [0.25, 0.3) is 10.0 Å². The van der Waals surface area contributed by atoms with E-state index >= 15 is 0 Å². The topological polar surface area (TPSA) is 86.4 Å². The Labute approximate surface area is 166 Å². The van der Waals surface area contributed by atoms with E-state index < -0.39 is 16.1 Å². The summed E-state index contributed by atoms with van der Waals surface area (Å²) in [5.41, 5.74) is 0.522. The standard InChI is InChI=1S/C18H20N4O4S2/c1-26-12-11-21-18(23)20-9-10-22(28(24,25)15-8-5-13-27-15)16(17(20)19-21)14-6-3-2-4-7-14/h2-8,13,16H,9-12H2,1H3. The number of benzene rings is 1. The van der Waals surface area contributed by atoms with E-state index in [1.165, 1.54) is 20.3 Å². The molecule has 148 valence electrons. The average Bonchev–Trinajstić information content (AvgIpc) is 3.36. The number of thiophene rings is 1. The third-order valence-corrected chi connectivity index (χ3v) is 7.95. The van der Waals surface area contributed by atoms with Crippen LogP contribution in [0.2, 0.25) is 0 Å². The lowest BCUT2D eigenvalue weighted by molar-refractivity contribution is 0.182. The molecule has 1 aliphatic heterocycles. The van der Waals surface area contributed by atoms with Gasteiger partial charge >= 0.3 is 5.69 Å². The molecule has 0 amide bonds. The first-order valence-corrected chi connectivity index (χ1v) is 11.1. The normalized spacial score (nSPS) is 17.5. The summed E-state index contributed by atoms with van der Waals surface area (Å²) >= 11 is 1.18. The van der Waals surface area contributed by atoms with Crippen LogP contribution in [0.5, 0.6) is 0 Å². The van der Waals surface area contributed by atoms with Gasteiger partial charge in [-0.3, -0.25) is 4.57 Å². The molecule has 4 rings (SSSR count). The predicted octanol–water partition coefficient (Wildman–Crippen LogP) is 1.55. The smallest absolute Gasteiger partial charge is 0.346 e. The molecule has 8 nitrogen and oxygen atoms in total. The van der Waals surface area contributed by atoms with Crippen LogP contribution in [-0.4, -0.2) is 47.3 Å². The Morgan fingerprint density at radius 1 is 1.18 bits per heavy atom. The summed E-state index contributed by atoms with van der Waals surface area (Å²) in [4.78, 5) is 12.7. The molecule has 0 fully saturated rings. The van der Waals surface area contributed by atoms with E-state index in [2.05, 4.69) is 5.10 Å². The van der Waals surface area contributed by atoms with Crippen LogP contribution in [0, 0.1) is 0 Å². The van der Waals surface area contributed by atoms with E-state index in [9.17, 15) is 13.2 Å². The van der Waals surface area contributed by atoms with Crippen LogP contribution >= 0.6 is 11.3 Å². The monoisotopic (exact) mass is 420 g/mol. The predicted molar refractivity (Wildman–Crippen MR) is 105 cm³/mol. The Hall–Kier alpha value is -2.27. The molecule has 0 spiro atoms. The molecule has 0 saturated carbocycles. The lowest BCUT2D eigenvalue weighted by atomic mass is 10.1. The number of sulfonamides is 1. The van der Waals surface area contributed by atoms with Gasteiger partial charge in [-0.1, -0.05) is 36.4 Å². The second-order valence-electron chi connectivity index (χ2n) is 6.37. The van der Waals surface area contributed by atoms with Crippen LogP contribution in [0.3, 0.4) is 0 Å². The lowest BCUT2D eigenvalue weighted by Gasteiger charge is -2.34. The molecule has 0 aliphatic carbocycles. The largest absolute Gasteiger partial charge is 0.383 e. The average molecular weight is 421 g/mol. The van der Waals surface area contributed by atoms with Gasteiger partial charge in [-0.2, -0.15) is 9.40 Å². The van der Waals surface area contributed by atoms with E-state index in [-0.39, 0.29) is 23.0 Å². The third-order valence-electron chi connectivity index (χ3n) is 4.71. The van der Waals surface area contributed by atoms with Gasteiger partial charge in [0.2, 0.25) is 0 Å². The van der Waals surface area contributed by atoms with Crippen LogP contribution < -0.4 is 5.69 Å². The zero-order valence-corrected chi connectivity index (χ0v) is 16.9. The Morgan fingerprint density at radius 3 is 2.64 bits per heavy atom. The fourth-order valence-corrected chi connectivity index (χ4v) is 6.07. The molecule has 28 heavy (non-hydrogen) atoms. The molecule has 1 aliphatic rings. The summed E-state index contributed by atoms with van der Waals surface area (Å²) < 4.78 is 36.3. The number of hydrogen-bond donors (Lipinski definition) is 0. The molecule has 2 aromatic heterocycles. The molecule has 0 bridgehead atoms. The van der Waals surface area contributed by atoms with Crippen LogP contribution in [0.25, 0.3) is 0 Å². The molecule has 3 heterocycles. The van der Waals surface area contributed by atoms with Gasteiger partial charge in [0, 0.05) is 20.2 Å². The maximum Gasteiger partial charge on any atom is 0.346 e.